The van der Waals surface area contributed by atoms with Gasteiger partial charge in [0.15, 0.2) is 0 Å². The standard InChI is InChI=1S/C30H28N2O4/c1-20-6-4-5-7-27(20)28(19-29(32-34)25-16-17-31-21(2)18-25)24-10-8-22(9-11-24)23-12-14-26(15-13-23)36-30(33)35-3/h4-18,28,34H,19H2,1-3H3. The van der Waals surface area contributed by atoms with Crippen molar-refractivity contribution in [2.75, 3.05) is 7.11 Å². The Kier molecular flexibility index (Phi) is 7.75. The minimum Gasteiger partial charge on any atom is -0.437 e. The van der Waals surface area contributed by atoms with E-state index in [9.17, 15) is 10.0 Å². The molecule has 1 atom stereocenters. The smallest absolute Gasteiger partial charge is 0.437 e. The minimum absolute atomic E-state index is 0.00421. The summed E-state index contributed by atoms with van der Waals surface area (Å²) in [5, 5.41) is 13.6. The summed E-state index contributed by atoms with van der Waals surface area (Å²) < 4.78 is 9.59. The quantitative estimate of drug-likeness (QED) is 0.102. The third-order valence-electron chi connectivity index (χ3n) is 6.18. The van der Waals surface area contributed by atoms with E-state index >= 15 is 0 Å². The number of aromatic nitrogens is 1. The molecule has 0 aliphatic rings. The Morgan fingerprint density at radius 1 is 0.944 bits per heavy atom. The Balaban J connectivity index is 1.64. The lowest BCUT2D eigenvalue weighted by molar-refractivity contribution is 0.121. The molecule has 0 saturated heterocycles. The van der Waals surface area contributed by atoms with Gasteiger partial charge in [-0.15, -0.1) is 0 Å². The largest absolute Gasteiger partial charge is 0.513 e. The van der Waals surface area contributed by atoms with Gasteiger partial charge in [0.05, 0.1) is 12.8 Å². The lowest BCUT2D eigenvalue weighted by Crippen LogP contribution is -2.12. The molecule has 4 aromatic rings. The molecule has 0 bridgehead atoms. The first-order valence-electron chi connectivity index (χ1n) is 11.6. The van der Waals surface area contributed by atoms with Crippen LogP contribution in [0.5, 0.6) is 5.75 Å². The summed E-state index contributed by atoms with van der Waals surface area (Å²) >= 11 is 0. The van der Waals surface area contributed by atoms with Crippen molar-refractivity contribution in [1.82, 2.24) is 4.98 Å². The second-order valence-corrected chi connectivity index (χ2v) is 8.55. The van der Waals surface area contributed by atoms with E-state index in [1.165, 1.54) is 18.2 Å². The van der Waals surface area contributed by atoms with E-state index < -0.39 is 6.16 Å². The number of nitrogens with zero attached hydrogens (tertiary/aromatic N) is 2. The summed E-state index contributed by atoms with van der Waals surface area (Å²) in [7, 11) is 1.27. The van der Waals surface area contributed by atoms with Gasteiger partial charge in [0.1, 0.15) is 5.75 Å². The molecule has 0 aliphatic carbocycles. The van der Waals surface area contributed by atoms with E-state index in [0.29, 0.717) is 17.9 Å². The van der Waals surface area contributed by atoms with Crippen LogP contribution in [0.25, 0.3) is 11.1 Å². The molecule has 4 rings (SSSR count). The fraction of sp³-hybridized carbons (Fsp3) is 0.167. The van der Waals surface area contributed by atoms with Crippen LogP contribution in [-0.2, 0) is 4.74 Å². The first-order valence-corrected chi connectivity index (χ1v) is 11.6. The summed E-state index contributed by atoms with van der Waals surface area (Å²) in [5.74, 6) is 0.416. The fourth-order valence-corrected chi connectivity index (χ4v) is 4.28. The number of hydrogen-bond donors (Lipinski definition) is 1. The lowest BCUT2D eigenvalue weighted by atomic mass is 9.83. The van der Waals surface area contributed by atoms with Gasteiger partial charge in [-0.1, -0.05) is 65.8 Å². The van der Waals surface area contributed by atoms with E-state index in [4.69, 9.17) is 4.74 Å². The van der Waals surface area contributed by atoms with Crippen LogP contribution in [0.15, 0.2) is 96.3 Å². The Labute approximate surface area is 210 Å². The molecule has 3 aromatic carbocycles. The van der Waals surface area contributed by atoms with Gasteiger partial charge >= 0.3 is 6.16 Å². The predicted molar refractivity (Wildman–Crippen MR) is 140 cm³/mol. The van der Waals surface area contributed by atoms with Crippen molar-refractivity contribution in [2.45, 2.75) is 26.2 Å². The molecule has 182 valence electrons. The number of aryl methyl sites for hydroxylation is 2. The van der Waals surface area contributed by atoms with Gasteiger partial charge in [0.25, 0.3) is 0 Å². The Bertz CT molecular complexity index is 1360. The van der Waals surface area contributed by atoms with E-state index in [2.05, 4.69) is 58.2 Å². The van der Waals surface area contributed by atoms with Crippen molar-refractivity contribution in [3.8, 4) is 16.9 Å². The van der Waals surface area contributed by atoms with Crippen molar-refractivity contribution in [3.63, 3.8) is 0 Å². The maximum Gasteiger partial charge on any atom is 0.513 e. The van der Waals surface area contributed by atoms with Gasteiger partial charge in [-0.3, -0.25) is 4.98 Å². The minimum atomic E-state index is -0.748. The highest BCUT2D eigenvalue weighted by Gasteiger charge is 2.20. The normalized spacial score (nSPS) is 12.1. The maximum atomic E-state index is 11.3. The number of methoxy groups -OCH3 is 1. The zero-order valence-corrected chi connectivity index (χ0v) is 20.5. The van der Waals surface area contributed by atoms with E-state index in [0.717, 1.165) is 27.9 Å². The van der Waals surface area contributed by atoms with Gasteiger partial charge in [-0.2, -0.15) is 0 Å². The summed E-state index contributed by atoms with van der Waals surface area (Å²) in [6, 6.07) is 27.7. The number of rotatable bonds is 7. The van der Waals surface area contributed by atoms with Gasteiger partial charge < -0.3 is 14.7 Å². The monoisotopic (exact) mass is 480 g/mol. The SMILES string of the molecule is COC(=O)Oc1ccc(-c2ccc(C(CC(=NO)c3ccnc(C)c3)c3ccccc3C)cc2)cc1. The summed E-state index contributed by atoms with van der Waals surface area (Å²) in [4.78, 5) is 15.6. The molecular formula is C30H28N2O4. The van der Waals surface area contributed by atoms with Crippen LogP contribution < -0.4 is 4.74 Å². The van der Waals surface area contributed by atoms with Gasteiger partial charge in [0.2, 0.25) is 0 Å². The summed E-state index contributed by atoms with van der Waals surface area (Å²) in [6.07, 6.45) is 1.51. The molecule has 36 heavy (non-hydrogen) atoms. The Morgan fingerprint density at radius 2 is 1.61 bits per heavy atom. The van der Waals surface area contributed by atoms with E-state index in [-0.39, 0.29) is 5.92 Å². The van der Waals surface area contributed by atoms with Crippen LogP contribution in [-0.4, -0.2) is 29.2 Å². The zero-order valence-electron chi connectivity index (χ0n) is 20.5. The summed E-state index contributed by atoms with van der Waals surface area (Å²) in [5.41, 5.74) is 7.84. The molecule has 6 nitrogen and oxygen atoms in total. The third kappa shape index (κ3) is 5.78. The first-order chi connectivity index (χ1) is 17.5. The molecule has 1 N–H and O–H groups in total. The van der Waals surface area contributed by atoms with Crippen LogP contribution >= 0.6 is 0 Å². The number of oxime groups is 1. The molecule has 1 heterocycles. The molecule has 0 radical (unpaired) electrons. The van der Waals surface area contributed by atoms with Crippen molar-refractivity contribution >= 4 is 11.9 Å². The molecule has 0 spiro atoms. The van der Waals surface area contributed by atoms with E-state index in [1.807, 2.05) is 43.3 Å². The molecule has 0 aliphatic heterocycles. The first kappa shape index (κ1) is 24.7. The topological polar surface area (TPSA) is 81.0 Å². The highest BCUT2D eigenvalue weighted by Crippen LogP contribution is 2.33. The Hall–Kier alpha value is -4.45. The molecule has 0 saturated carbocycles. The zero-order chi connectivity index (χ0) is 25.5. The molecule has 1 aromatic heterocycles. The number of carbonyl (C=O) groups excluding carboxylic acids is 1. The van der Waals surface area contributed by atoms with Crippen molar-refractivity contribution in [3.05, 3.63) is 119 Å². The highest BCUT2D eigenvalue weighted by molar-refractivity contribution is 6.01. The molecule has 0 fully saturated rings. The van der Waals surface area contributed by atoms with Crippen LogP contribution in [0.3, 0.4) is 0 Å². The summed E-state index contributed by atoms with van der Waals surface area (Å²) in [6.45, 7) is 4.02. The lowest BCUT2D eigenvalue weighted by Gasteiger charge is -2.21. The average Bonchev–Trinajstić information content (AvgIpc) is 2.90. The molecular weight excluding hydrogens is 452 g/mol. The van der Waals surface area contributed by atoms with Crippen LogP contribution in [0.4, 0.5) is 4.79 Å². The maximum absolute atomic E-state index is 11.3. The van der Waals surface area contributed by atoms with Crippen molar-refractivity contribution in [1.29, 1.82) is 0 Å². The number of benzene rings is 3. The molecule has 1 unspecified atom stereocenters. The van der Waals surface area contributed by atoms with Crippen LogP contribution in [0.2, 0.25) is 0 Å². The van der Waals surface area contributed by atoms with Gasteiger partial charge in [-0.25, -0.2) is 4.79 Å². The Morgan fingerprint density at radius 3 is 2.22 bits per heavy atom. The fourth-order valence-electron chi connectivity index (χ4n) is 4.28. The number of ether oxygens (including phenoxy) is 2. The number of carbonyl (C=O) groups is 1. The van der Waals surface area contributed by atoms with Crippen LogP contribution in [0, 0.1) is 13.8 Å². The number of pyridine rings is 1. The molecule has 0 amide bonds. The van der Waals surface area contributed by atoms with E-state index in [1.54, 1.807) is 18.3 Å². The highest BCUT2D eigenvalue weighted by atomic mass is 16.7. The molecule has 6 heteroatoms. The van der Waals surface area contributed by atoms with Crippen molar-refractivity contribution < 1.29 is 19.5 Å². The average molecular weight is 481 g/mol. The third-order valence-corrected chi connectivity index (χ3v) is 6.18. The van der Waals surface area contributed by atoms with Crippen LogP contribution in [0.1, 0.15) is 40.3 Å². The van der Waals surface area contributed by atoms with Gasteiger partial charge in [-0.05, 0) is 65.9 Å². The second-order valence-electron chi connectivity index (χ2n) is 8.55. The number of hydrogen-bond acceptors (Lipinski definition) is 6. The predicted octanol–water partition coefficient (Wildman–Crippen LogP) is 6.91. The second kappa shape index (κ2) is 11.3. The van der Waals surface area contributed by atoms with Crippen molar-refractivity contribution in [2.24, 2.45) is 5.16 Å². The van der Waals surface area contributed by atoms with Gasteiger partial charge in [0, 0.05) is 29.8 Å².